The molecule has 0 fully saturated rings. The first-order valence-electron chi connectivity index (χ1n) is 5.66. The standard InChI is InChI=1S/C12H18N2O4/c1-9-3-4-13-11(10(9)12(15)16)14-5-6-18-8-7-17-2/h3-4H,5-8H2,1-2H3,(H,13,14)(H,15,16). The third kappa shape index (κ3) is 4.31. The van der Waals surface area contributed by atoms with Crippen molar-refractivity contribution in [1.82, 2.24) is 4.98 Å². The number of carboxylic acid groups (broad SMARTS) is 1. The molecule has 0 atom stereocenters. The molecule has 1 aromatic rings. The zero-order valence-corrected chi connectivity index (χ0v) is 10.6. The van der Waals surface area contributed by atoms with Gasteiger partial charge in [-0.25, -0.2) is 9.78 Å². The van der Waals surface area contributed by atoms with Gasteiger partial charge in [-0.3, -0.25) is 0 Å². The van der Waals surface area contributed by atoms with Crippen molar-refractivity contribution in [3.63, 3.8) is 0 Å². The molecule has 0 aliphatic heterocycles. The highest BCUT2D eigenvalue weighted by molar-refractivity contribution is 5.94. The van der Waals surface area contributed by atoms with Gasteiger partial charge in [-0.05, 0) is 18.6 Å². The molecule has 0 unspecified atom stereocenters. The smallest absolute Gasteiger partial charge is 0.339 e. The first-order chi connectivity index (χ1) is 8.66. The molecule has 0 saturated heterocycles. The lowest BCUT2D eigenvalue weighted by molar-refractivity contribution is 0.0696. The fourth-order valence-electron chi connectivity index (χ4n) is 1.45. The van der Waals surface area contributed by atoms with E-state index in [-0.39, 0.29) is 5.56 Å². The second-order valence-electron chi connectivity index (χ2n) is 3.69. The number of nitrogens with zero attached hydrogens (tertiary/aromatic N) is 1. The monoisotopic (exact) mass is 254 g/mol. The van der Waals surface area contributed by atoms with E-state index in [9.17, 15) is 4.79 Å². The lowest BCUT2D eigenvalue weighted by atomic mass is 10.1. The second-order valence-corrected chi connectivity index (χ2v) is 3.69. The van der Waals surface area contributed by atoms with Gasteiger partial charge in [-0.15, -0.1) is 0 Å². The number of carbonyl (C=O) groups is 1. The van der Waals surface area contributed by atoms with Crippen molar-refractivity contribution in [2.24, 2.45) is 0 Å². The maximum absolute atomic E-state index is 11.1. The number of ether oxygens (including phenoxy) is 2. The first kappa shape index (κ1) is 14.4. The van der Waals surface area contributed by atoms with Gasteiger partial charge in [0.25, 0.3) is 0 Å². The van der Waals surface area contributed by atoms with Crippen molar-refractivity contribution in [2.45, 2.75) is 6.92 Å². The van der Waals surface area contributed by atoms with Crippen molar-refractivity contribution in [2.75, 3.05) is 38.8 Å². The summed E-state index contributed by atoms with van der Waals surface area (Å²) in [5.74, 6) is -0.610. The predicted molar refractivity (Wildman–Crippen MR) is 67.1 cm³/mol. The molecule has 0 bridgehead atoms. The van der Waals surface area contributed by atoms with Gasteiger partial charge in [-0.1, -0.05) is 0 Å². The number of pyridine rings is 1. The van der Waals surface area contributed by atoms with Crippen LogP contribution in [0, 0.1) is 6.92 Å². The summed E-state index contributed by atoms with van der Waals surface area (Å²) in [6, 6.07) is 1.67. The molecular formula is C12H18N2O4. The number of nitrogens with one attached hydrogen (secondary N) is 1. The maximum atomic E-state index is 11.1. The zero-order chi connectivity index (χ0) is 13.4. The number of aromatic carboxylic acids is 1. The Hall–Kier alpha value is -1.66. The van der Waals surface area contributed by atoms with Crippen LogP contribution in [0.2, 0.25) is 0 Å². The van der Waals surface area contributed by atoms with Gasteiger partial charge in [0.1, 0.15) is 11.4 Å². The van der Waals surface area contributed by atoms with E-state index in [0.717, 1.165) is 0 Å². The first-order valence-corrected chi connectivity index (χ1v) is 5.66. The molecule has 18 heavy (non-hydrogen) atoms. The maximum Gasteiger partial charge on any atom is 0.339 e. The van der Waals surface area contributed by atoms with Crippen molar-refractivity contribution in [3.8, 4) is 0 Å². The van der Waals surface area contributed by atoms with E-state index in [0.29, 0.717) is 37.7 Å². The number of aryl methyl sites for hydroxylation is 1. The van der Waals surface area contributed by atoms with Crippen molar-refractivity contribution < 1.29 is 19.4 Å². The molecule has 2 N–H and O–H groups in total. The van der Waals surface area contributed by atoms with Crippen LogP contribution in [-0.2, 0) is 9.47 Å². The van der Waals surface area contributed by atoms with Crippen LogP contribution in [0.1, 0.15) is 15.9 Å². The Balaban J connectivity index is 2.47. The summed E-state index contributed by atoms with van der Waals surface area (Å²) in [6.45, 7) is 3.78. The number of methoxy groups -OCH3 is 1. The summed E-state index contributed by atoms with van der Waals surface area (Å²) < 4.78 is 10.1. The summed E-state index contributed by atoms with van der Waals surface area (Å²) in [6.07, 6.45) is 1.58. The summed E-state index contributed by atoms with van der Waals surface area (Å²) >= 11 is 0. The number of hydrogen-bond donors (Lipinski definition) is 2. The van der Waals surface area contributed by atoms with Crippen LogP contribution >= 0.6 is 0 Å². The topological polar surface area (TPSA) is 80.7 Å². The number of rotatable bonds is 8. The van der Waals surface area contributed by atoms with Gasteiger partial charge in [-0.2, -0.15) is 0 Å². The van der Waals surface area contributed by atoms with E-state index >= 15 is 0 Å². The number of anilines is 1. The van der Waals surface area contributed by atoms with Gasteiger partial charge >= 0.3 is 5.97 Å². The molecule has 0 aliphatic rings. The van der Waals surface area contributed by atoms with E-state index in [1.165, 1.54) is 0 Å². The lowest BCUT2D eigenvalue weighted by Crippen LogP contribution is -2.15. The van der Waals surface area contributed by atoms with E-state index < -0.39 is 5.97 Å². The predicted octanol–water partition coefficient (Wildman–Crippen LogP) is 1.16. The third-order valence-electron chi connectivity index (χ3n) is 2.34. The average molecular weight is 254 g/mol. The van der Waals surface area contributed by atoms with Gasteiger partial charge in [0.15, 0.2) is 0 Å². The fourth-order valence-corrected chi connectivity index (χ4v) is 1.45. The lowest BCUT2D eigenvalue weighted by Gasteiger charge is -2.10. The Morgan fingerprint density at radius 2 is 2.22 bits per heavy atom. The molecular weight excluding hydrogens is 236 g/mol. The van der Waals surface area contributed by atoms with Crippen molar-refractivity contribution >= 4 is 11.8 Å². The third-order valence-corrected chi connectivity index (χ3v) is 2.34. The molecule has 0 saturated carbocycles. The molecule has 0 spiro atoms. The van der Waals surface area contributed by atoms with Crippen LogP contribution in [0.25, 0.3) is 0 Å². The van der Waals surface area contributed by atoms with Crippen LogP contribution in [0.15, 0.2) is 12.3 Å². The highest BCUT2D eigenvalue weighted by atomic mass is 16.5. The average Bonchev–Trinajstić information content (AvgIpc) is 2.33. The zero-order valence-electron chi connectivity index (χ0n) is 10.6. The van der Waals surface area contributed by atoms with E-state index in [2.05, 4.69) is 10.3 Å². The molecule has 0 aromatic carbocycles. The molecule has 6 heteroatoms. The molecule has 1 heterocycles. The minimum absolute atomic E-state index is 0.203. The summed E-state index contributed by atoms with van der Waals surface area (Å²) in [5, 5.41) is 12.0. The number of aromatic nitrogens is 1. The Kier molecular flexibility index (Phi) is 6.10. The van der Waals surface area contributed by atoms with Crippen LogP contribution in [0.5, 0.6) is 0 Å². The van der Waals surface area contributed by atoms with Crippen molar-refractivity contribution in [3.05, 3.63) is 23.4 Å². The Labute approximate surface area is 106 Å². The Morgan fingerprint density at radius 3 is 2.89 bits per heavy atom. The van der Waals surface area contributed by atoms with Gasteiger partial charge < -0.3 is 19.9 Å². The number of hydrogen-bond acceptors (Lipinski definition) is 5. The largest absolute Gasteiger partial charge is 0.478 e. The highest BCUT2D eigenvalue weighted by Gasteiger charge is 2.13. The molecule has 1 aromatic heterocycles. The van der Waals surface area contributed by atoms with Crippen LogP contribution in [0.3, 0.4) is 0 Å². The second kappa shape index (κ2) is 7.62. The SMILES string of the molecule is COCCOCCNc1nccc(C)c1C(=O)O. The summed E-state index contributed by atoms with van der Waals surface area (Å²) in [5.41, 5.74) is 0.884. The summed E-state index contributed by atoms with van der Waals surface area (Å²) in [4.78, 5) is 15.1. The minimum atomic E-state index is -0.983. The quantitative estimate of drug-likeness (QED) is 0.678. The molecule has 100 valence electrons. The summed E-state index contributed by atoms with van der Waals surface area (Å²) in [7, 11) is 1.61. The number of carboxylic acids is 1. The molecule has 6 nitrogen and oxygen atoms in total. The van der Waals surface area contributed by atoms with Gasteiger partial charge in [0.2, 0.25) is 0 Å². The van der Waals surface area contributed by atoms with Crippen LogP contribution < -0.4 is 5.32 Å². The highest BCUT2D eigenvalue weighted by Crippen LogP contribution is 2.15. The molecule has 1 rings (SSSR count). The van der Waals surface area contributed by atoms with E-state index in [1.807, 2.05) is 0 Å². The van der Waals surface area contributed by atoms with E-state index in [1.54, 1.807) is 26.3 Å². The normalized spacial score (nSPS) is 10.3. The minimum Gasteiger partial charge on any atom is -0.478 e. The molecule has 0 amide bonds. The van der Waals surface area contributed by atoms with Gasteiger partial charge in [0, 0.05) is 19.9 Å². The Bertz CT molecular complexity index is 396. The van der Waals surface area contributed by atoms with E-state index in [4.69, 9.17) is 14.6 Å². The van der Waals surface area contributed by atoms with Gasteiger partial charge in [0.05, 0.1) is 19.8 Å². The molecule has 0 aliphatic carbocycles. The Morgan fingerprint density at radius 1 is 1.44 bits per heavy atom. The van der Waals surface area contributed by atoms with Crippen LogP contribution in [-0.4, -0.2) is 49.5 Å². The molecule has 0 radical (unpaired) electrons. The fraction of sp³-hybridized carbons (Fsp3) is 0.500. The van der Waals surface area contributed by atoms with Crippen LogP contribution in [0.4, 0.5) is 5.82 Å². The van der Waals surface area contributed by atoms with Crippen molar-refractivity contribution in [1.29, 1.82) is 0 Å².